The number of hydrogen-bond acceptors (Lipinski definition) is 4. The highest BCUT2D eigenvalue weighted by Gasteiger charge is 2.31. The van der Waals surface area contributed by atoms with E-state index < -0.39 is 18.1 Å². The number of carboxylic acids is 1. The van der Waals surface area contributed by atoms with E-state index in [1.807, 2.05) is 49.1 Å². The molecular formula is C20H24ClNO4. The Morgan fingerprint density at radius 3 is 2.35 bits per heavy atom. The van der Waals surface area contributed by atoms with Gasteiger partial charge in [0.2, 0.25) is 0 Å². The Morgan fingerprint density at radius 1 is 1.15 bits per heavy atom. The molecule has 140 valence electrons. The Morgan fingerprint density at radius 2 is 1.81 bits per heavy atom. The monoisotopic (exact) mass is 377 g/mol. The van der Waals surface area contributed by atoms with Crippen molar-refractivity contribution in [2.24, 2.45) is 0 Å². The molecule has 0 bridgehead atoms. The molecule has 2 unspecified atom stereocenters. The largest absolute Gasteiger partial charge is 0.508 e. The molecule has 0 aliphatic rings. The zero-order chi connectivity index (χ0) is 19.3. The zero-order valence-electron chi connectivity index (χ0n) is 14.8. The fourth-order valence-electron chi connectivity index (χ4n) is 2.98. The van der Waals surface area contributed by atoms with E-state index in [0.29, 0.717) is 12.1 Å². The van der Waals surface area contributed by atoms with Gasteiger partial charge in [-0.1, -0.05) is 30.3 Å². The molecule has 2 atom stereocenters. The Balaban J connectivity index is 2.38. The number of aromatic hydroxyl groups is 1. The molecule has 2 rings (SSSR count). The number of rotatable bonds is 8. The lowest BCUT2D eigenvalue weighted by atomic mass is 9.92. The summed E-state index contributed by atoms with van der Waals surface area (Å²) in [7, 11) is 0. The maximum atomic E-state index is 11.6. The van der Waals surface area contributed by atoms with E-state index in [-0.39, 0.29) is 23.2 Å². The molecule has 3 N–H and O–H groups in total. The quantitative estimate of drug-likeness (QED) is 0.483. The molecule has 0 saturated heterocycles. The maximum Gasteiger partial charge on any atom is 0.335 e. The first-order valence-electron chi connectivity index (χ1n) is 8.45. The van der Waals surface area contributed by atoms with Crippen molar-refractivity contribution >= 4 is 17.6 Å². The molecule has 0 aliphatic carbocycles. The van der Waals surface area contributed by atoms with Gasteiger partial charge in [-0.25, -0.2) is 4.79 Å². The van der Waals surface area contributed by atoms with E-state index in [1.165, 1.54) is 18.2 Å². The van der Waals surface area contributed by atoms with Gasteiger partial charge in [-0.2, -0.15) is 0 Å². The van der Waals surface area contributed by atoms with Gasteiger partial charge in [0.05, 0.1) is 5.56 Å². The van der Waals surface area contributed by atoms with Crippen LogP contribution in [0, 0.1) is 0 Å². The standard InChI is InChI=1S/C20H24ClNO4/c1-13(2)22(12-14-6-4-3-5-7-14)19(24)18(11-21)17-10-15(23)8-9-16(17)20(25)26/h3-10,13,18-19,23-24H,11-12H2,1-2H3,(H,25,26). The fraction of sp³-hybridized carbons (Fsp3) is 0.350. The molecule has 5 nitrogen and oxygen atoms in total. The molecule has 0 amide bonds. The third-order valence-electron chi connectivity index (χ3n) is 4.40. The van der Waals surface area contributed by atoms with E-state index in [4.69, 9.17) is 11.6 Å². The van der Waals surface area contributed by atoms with Crippen molar-refractivity contribution in [3.05, 3.63) is 65.2 Å². The summed E-state index contributed by atoms with van der Waals surface area (Å²) in [5.74, 6) is -1.84. The highest BCUT2D eigenvalue weighted by molar-refractivity contribution is 6.18. The van der Waals surface area contributed by atoms with Crippen LogP contribution >= 0.6 is 11.6 Å². The summed E-state index contributed by atoms with van der Waals surface area (Å²) >= 11 is 6.12. The minimum atomic E-state index is -1.12. The van der Waals surface area contributed by atoms with Gasteiger partial charge in [0, 0.05) is 24.4 Å². The van der Waals surface area contributed by atoms with Gasteiger partial charge in [-0.05, 0) is 43.2 Å². The number of carboxylic acid groups (broad SMARTS) is 1. The van der Waals surface area contributed by atoms with Gasteiger partial charge in [0.15, 0.2) is 0 Å². The van der Waals surface area contributed by atoms with Crippen molar-refractivity contribution in [2.75, 3.05) is 5.88 Å². The number of aromatic carboxylic acids is 1. The van der Waals surface area contributed by atoms with Gasteiger partial charge >= 0.3 is 5.97 Å². The number of hydrogen-bond donors (Lipinski definition) is 3. The van der Waals surface area contributed by atoms with Crippen LogP contribution in [0.3, 0.4) is 0 Å². The number of carbonyl (C=O) groups is 1. The van der Waals surface area contributed by atoms with Gasteiger partial charge in [0.1, 0.15) is 12.0 Å². The van der Waals surface area contributed by atoms with Gasteiger partial charge in [-0.3, -0.25) is 4.90 Å². The van der Waals surface area contributed by atoms with E-state index in [0.717, 1.165) is 5.56 Å². The molecule has 2 aromatic rings. The summed E-state index contributed by atoms with van der Waals surface area (Å²) in [6, 6.07) is 13.7. The first-order chi connectivity index (χ1) is 12.3. The van der Waals surface area contributed by atoms with Crippen LogP contribution in [0.4, 0.5) is 0 Å². The Labute approximate surface area is 158 Å². The smallest absolute Gasteiger partial charge is 0.335 e. The zero-order valence-corrected chi connectivity index (χ0v) is 15.6. The average molecular weight is 378 g/mol. The number of alkyl halides is 1. The highest BCUT2D eigenvalue weighted by Crippen LogP contribution is 2.31. The van der Waals surface area contributed by atoms with Crippen molar-refractivity contribution in [3.8, 4) is 5.75 Å². The molecule has 26 heavy (non-hydrogen) atoms. The fourth-order valence-corrected chi connectivity index (χ4v) is 3.31. The lowest BCUT2D eigenvalue weighted by Crippen LogP contribution is -2.44. The molecule has 0 spiro atoms. The van der Waals surface area contributed by atoms with Crippen LogP contribution in [0.2, 0.25) is 0 Å². The number of benzene rings is 2. The summed E-state index contributed by atoms with van der Waals surface area (Å²) in [6.45, 7) is 4.41. The van der Waals surface area contributed by atoms with E-state index >= 15 is 0 Å². The number of nitrogens with zero attached hydrogens (tertiary/aromatic N) is 1. The summed E-state index contributed by atoms with van der Waals surface area (Å²) in [4.78, 5) is 13.4. The maximum absolute atomic E-state index is 11.6. The van der Waals surface area contributed by atoms with Crippen LogP contribution in [0.15, 0.2) is 48.5 Å². The molecule has 0 radical (unpaired) electrons. The van der Waals surface area contributed by atoms with Crippen LogP contribution in [0.1, 0.15) is 41.3 Å². The third kappa shape index (κ3) is 4.75. The third-order valence-corrected chi connectivity index (χ3v) is 4.73. The predicted molar refractivity (Wildman–Crippen MR) is 102 cm³/mol. The normalized spacial score (nSPS) is 13.8. The summed E-state index contributed by atoms with van der Waals surface area (Å²) in [5, 5.41) is 30.3. The van der Waals surface area contributed by atoms with Gasteiger partial charge < -0.3 is 15.3 Å². The first-order valence-corrected chi connectivity index (χ1v) is 8.98. The highest BCUT2D eigenvalue weighted by atomic mass is 35.5. The van der Waals surface area contributed by atoms with Gasteiger partial charge in [-0.15, -0.1) is 11.6 Å². The lowest BCUT2D eigenvalue weighted by Gasteiger charge is -2.36. The molecule has 0 fully saturated rings. The number of phenols is 1. The lowest BCUT2D eigenvalue weighted by molar-refractivity contribution is -0.0371. The van der Waals surface area contributed by atoms with Crippen LogP contribution < -0.4 is 0 Å². The molecule has 6 heteroatoms. The van der Waals surface area contributed by atoms with Crippen molar-refractivity contribution in [2.45, 2.75) is 38.6 Å². The summed E-state index contributed by atoms with van der Waals surface area (Å²) < 4.78 is 0. The van der Waals surface area contributed by atoms with Crippen LogP contribution in [-0.4, -0.2) is 44.3 Å². The predicted octanol–water partition coefficient (Wildman–Crippen LogP) is 3.64. The first kappa shape index (κ1) is 20.2. The molecule has 0 aliphatic heterocycles. The summed E-state index contributed by atoms with van der Waals surface area (Å²) in [6.07, 6.45) is -1.01. The second kappa shape index (κ2) is 9.03. The molecular weight excluding hydrogens is 354 g/mol. The topological polar surface area (TPSA) is 81.0 Å². The number of aliphatic hydroxyl groups is 1. The van der Waals surface area contributed by atoms with Crippen molar-refractivity contribution in [3.63, 3.8) is 0 Å². The van der Waals surface area contributed by atoms with E-state index in [2.05, 4.69) is 0 Å². The Kier molecular flexibility index (Phi) is 7.03. The van der Waals surface area contributed by atoms with Crippen LogP contribution in [-0.2, 0) is 6.54 Å². The van der Waals surface area contributed by atoms with Crippen molar-refractivity contribution in [1.82, 2.24) is 4.90 Å². The number of aliphatic hydroxyl groups excluding tert-OH is 1. The van der Waals surface area contributed by atoms with Crippen LogP contribution in [0.25, 0.3) is 0 Å². The Hall–Kier alpha value is -2.08. The second-order valence-electron chi connectivity index (χ2n) is 6.50. The van der Waals surface area contributed by atoms with Crippen molar-refractivity contribution < 1.29 is 20.1 Å². The molecule has 0 heterocycles. The summed E-state index contributed by atoms with van der Waals surface area (Å²) in [5.41, 5.74) is 1.37. The molecule has 0 saturated carbocycles. The van der Waals surface area contributed by atoms with E-state index in [1.54, 1.807) is 0 Å². The van der Waals surface area contributed by atoms with Crippen LogP contribution in [0.5, 0.6) is 5.75 Å². The minimum Gasteiger partial charge on any atom is -0.508 e. The van der Waals surface area contributed by atoms with Crippen molar-refractivity contribution in [1.29, 1.82) is 0 Å². The second-order valence-corrected chi connectivity index (χ2v) is 6.81. The van der Waals surface area contributed by atoms with E-state index in [9.17, 15) is 20.1 Å². The molecule has 2 aromatic carbocycles. The Bertz CT molecular complexity index is 736. The SMILES string of the molecule is CC(C)N(Cc1ccccc1)C(O)C(CCl)c1cc(O)ccc1C(=O)O. The van der Waals surface area contributed by atoms with Gasteiger partial charge in [0.25, 0.3) is 0 Å². The minimum absolute atomic E-state index is 0.00140. The molecule has 0 aromatic heterocycles. The average Bonchev–Trinajstić information content (AvgIpc) is 2.60. The number of halogens is 1. The number of phenolic OH excluding ortho intramolecular Hbond substituents is 1.